The van der Waals surface area contributed by atoms with Crippen molar-refractivity contribution in [3.05, 3.63) is 42.2 Å². The van der Waals surface area contributed by atoms with Crippen LogP contribution >= 0.6 is 0 Å². The van der Waals surface area contributed by atoms with Crippen LogP contribution < -0.4 is 15.8 Å². The van der Waals surface area contributed by atoms with Gasteiger partial charge in [0.2, 0.25) is 5.91 Å². The molecular formula is C14H19FN2O2. The number of halogens is 1. The average Bonchev–Trinajstić information content (AvgIpc) is 2.38. The number of carbonyl (C=O) groups excluding carboxylic acids is 1. The Morgan fingerprint density at radius 3 is 2.89 bits per heavy atom. The van der Waals surface area contributed by atoms with Gasteiger partial charge in [0.15, 0.2) is 0 Å². The molecule has 2 unspecified atom stereocenters. The van der Waals surface area contributed by atoms with Gasteiger partial charge in [-0.15, -0.1) is 6.58 Å². The van der Waals surface area contributed by atoms with E-state index in [1.165, 1.54) is 25.3 Å². The zero-order valence-electron chi connectivity index (χ0n) is 11.2. The van der Waals surface area contributed by atoms with E-state index in [-0.39, 0.29) is 11.7 Å². The van der Waals surface area contributed by atoms with Crippen molar-refractivity contribution in [3.63, 3.8) is 0 Å². The molecule has 0 saturated heterocycles. The Balaban J connectivity index is 2.82. The van der Waals surface area contributed by atoms with Crippen molar-refractivity contribution in [3.8, 4) is 5.75 Å². The normalized spacial score (nSPS) is 13.5. The quantitative estimate of drug-likeness (QED) is 0.773. The lowest BCUT2D eigenvalue weighted by Gasteiger charge is -2.19. The zero-order valence-corrected chi connectivity index (χ0v) is 11.2. The number of benzene rings is 1. The molecule has 0 saturated carbocycles. The number of hydrogen-bond acceptors (Lipinski definition) is 3. The topological polar surface area (TPSA) is 64.4 Å². The zero-order chi connectivity index (χ0) is 14.4. The minimum atomic E-state index is -0.653. The number of hydrogen-bond donors (Lipinski definition) is 2. The standard InChI is InChI=1S/C14H19FN2O2/c1-4-5-12(16)14(18)17-9(2)11-8-10(15)6-7-13(11)19-3/h4,6-9,12H,1,5,16H2,2-3H3,(H,17,18). The van der Waals surface area contributed by atoms with Gasteiger partial charge in [0.25, 0.3) is 0 Å². The fourth-order valence-corrected chi connectivity index (χ4v) is 1.73. The maximum atomic E-state index is 13.3. The van der Waals surface area contributed by atoms with Crippen LogP contribution in [-0.2, 0) is 4.79 Å². The molecule has 0 fully saturated rings. The Morgan fingerprint density at radius 2 is 2.32 bits per heavy atom. The molecule has 19 heavy (non-hydrogen) atoms. The molecule has 0 heterocycles. The Labute approximate surface area is 112 Å². The van der Waals surface area contributed by atoms with E-state index in [9.17, 15) is 9.18 Å². The SMILES string of the molecule is C=CCC(N)C(=O)NC(C)c1cc(F)ccc1OC. The molecule has 1 aromatic carbocycles. The van der Waals surface area contributed by atoms with Gasteiger partial charge in [-0.1, -0.05) is 6.08 Å². The summed E-state index contributed by atoms with van der Waals surface area (Å²) in [4.78, 5) is 11.8. The molecule has 2 atom stereocenters. The molecule has 104 valence electrons. The molecule has 0 bridgehead atoms. The summed E-state index contributed by atoms with van der Waals surface area (Å²) in [5, 5.41) is 2.72. The molecule has 3 N–H and O–H groups in total. The monoisotopic (exact) mass is 266 g/mol. The molecule has 4 nitrogen and oxygen atoms in total. The van der Waals surface area contributed by atoms with E-state index in [2.05, 4.69) is 11.9 Å². The second kappa shape index (κ2) is 6.89. The highest BCUT2D eigenvalue weighted by molar-refractivity contribution is 5.82. The summed E-state index contributed by atoms with van der Waals surface area (Å²) in [6, 6.07) is 3.12. The summed E-state index contributed by atoms with van der Waals surface area (Å²) in [6.07, 6.45) is 1.97. The van der Waals surface area contributed by atoms with E-state index < -0.39 is 12.1 Å². The summed E-state index contributed by atoms with van der Waals surface area (Å²) in [6.45, 7) is 5.28. The number of nitrogens with one attached hydrogen (secondary N) is 1. The molecule has 0 radical (unpaired) electrons. The molecule has 0 spiro atoms. The summed E-state index contributed by atoms with van der Waals surface area (Å²) < 4.78 is 18.4. The molecule has 0 aromatic heterocycles. The summed E-state index contributed by atoms with van der Waals surface area (Å²) in [5.74, 6) is -0.169. The minimum Gasteiger partial charge on any atom is -0.496 e. The van der Waals surface area contributed by atoms with Crippen molar-refractivity contribution in [2.24, 2.45) is 5.73 Å². The van der Waals surface area contributed by atoms with Crippen LogP contribution in [0, 0.1) is 5.82 Å². The van der Waals surface area contributed by atoms with Gasteiger partial charge >= 0.3 is 0 Å². The van der Waals surface area contributed by atoms with Crippen LogP contribution in [0.4, 0.5) is 4.39 Å². The predicted molar refractivity (Wildman–Crippen MR) is 72.3 cm³/mol. The first kappa shape index (κ1) is 15.2. The van der Waals surface area contributed by atoms with Crippen LogP contribution in [0.2, 0.25) is 0 Å². The van der Waals surface area contributed by atoms with Crippen LogP contribution in [0.5, 0.6) is 5.75 Å². The number of ether oxygens (including phenoxy) is 1. The molecule has 0 aliphatic heterocycles. The number of rotatable bonds is 6. The van der Waals surface area contributed by atoms with Gasteiger partial charge in [-0.05, 0) is 31.5 Å². The first-order valence-corrected chi connectivity index (χ1v) is 5.99. The highest BCUT2D eigenvalue weighted by Crippen LogP contribution is 2.25. The van der Waals surface area contributed by atoms with Crippen molar-refractivity contribution < 1.29 is 13.9 Å². The van der Waals surface area contributed by atoms with Gasteiger partial charge in [-0.2, -0.15) is 0 Å². The summed E-state index contributed by atoms with van der Waals surface area (Å²) in [5.41, 5.74) is 6.24. The van der Waals surface area contributed by atoms with Gasteiger partial charge < -0.3 is 15.8 Å². The molecule has 1 amide bonds. The van der Waals surface area contributed by atoms with E-state index in [4.69, 9.17) is 10.5 Å². The first-order valence-electron chi connectivity index (χ1n) is 5.99. The third kappa shape index (κ3) is 4.06. The molecule has 1 rings (SSSR count). The fourth-order valence-electron chi connectivity index (χ4n) is 1.73. The molecular weight excluding hydrogens is 247 g/mol. The van der Waals surface area contributed by atoms with E-state index in [0.29, 0.717) is 17.7 Å². The van der Waals surface area contributed by atoms with Crippen LogP contribution in [-0.4, -0.2) is 19.1 Å². The fraction of sp³-hybridized carbons (Fsp3) is 0.357. The molecule has 1 aromatic rings. The van der Waals surface area contributed by atoms with E-state index in [1.807, 2.05) is 0 Å². The van der Waals surface area contributed by atoms with Crippen molar-refractivity contribution >= 4 is 5.91 Å². The Kier molecular flexibility index (Phi) is 5.51. The minimum absolute atomic E-state index is 0.307. The summed E-state index contributed by atoms with van der Waals surface area (Å²) >= 11 is 0. The smallest absolute Gasteiger partial charge is 0.237 e. The average molecular weight is 266 g/mol. The molecule has 0 aliphatic rings. The second-order valence-electron chi connectivity index (χ2n) is 4.25. The van der Waals surface area contributed by atoms with Crippen LogP contribution in [0.25, 0.3) is 0 Å². The van der Waals surface area contributed by atoms with Crippen LogP contribution in [0.1, 0.15) is 24.9 Å². The lowest BCUT2D eigenvalue weighted by Crippen LogP contribution is -2.41. The number of methoxy groups -OCH3 is 1. The van der Waals surface area contributed by atoms with Crippen molar-refractivity contribution in [2.75, 3.05) is 7.11 Å². The van der Waals surface area contributed by atoms with Gasteiger partial charge in [-0.3, -0.25) is 4.79 Å². The predicted octanol–water partition coefficient (Wildman–Crippen LogP) is 1.91. The van der Waals surface area contributed by atoms with Gasteiger partial charge in [0.05, 0.1) is 19.2 Å². The Bertz CT molecular complexity index is 463. The Morgan fingerprint density at radius 1 is 1.63 bits per heavy atom. The van der Waals surface area contributed by atoms with Crippen LogP contribution in [0.15, 0.2) is 30.9 Å². The van der Waals surface area contributed by atoms with Gasteiger partial charge in [0, 0.05) is 5.56 Å². The van der Waals surface area contributed by atoms with Crippen molar-refractivity contribution in [2.45, 2.75) is 25.4 Å². The second-order valence-corrected chi connectivity index (χ2v) is 4.25. The van der Waals surface area contributed by atoms with Gasteiger partial charge in [0.1, 0.15) is 11.6 Å². The van der Waals surface area contributed by atoms with E-state index >= 15 is 0 Å². The van der Waals surface area contributed by atoms with Crippen molar-refractivity contribution in [1.82, 2.24) is 5.32 Å². The van der Waals surface area contributed by atoms with Gasteiger partial charge in [-0.25, -0.2) is 4.39 Å². The van der Waals surface area contributed by atoms with Crippen molar-refractivity contribution in [1.29, 1.82) is 0 Å². The maximum Gasteiger partial charge on any atom is 0.237 e. The lowest BCUT2D eigenvalue weighted by molar-refractivity contribution is -0.122. The first-order chi connectivity index (χ1) is 8.99. The summed E-state index contributed by atoms with van der Waals surface area (Å²) in [7, 11) is 1.49. The third-order valence-corrected chi connectivity index (χ3v) is 2.77. The molecule has 5 heteroatoms. The number of carbonyl (C=O) groups is 1. The van der Waals surface area contributed by atoms with E-state index in [0.717, 1.165) is 0 Å². The highest BCUT2D eigenvalue weighted by atomic mass is 19.1. The maximum absolute atomic E-state index is 13.3. The highest BCUT2D eigenvalue weighted by Gasteiger charge is 2.18. The van der Waals surface area contributed by atoms with Crippen LogP contribution in [0.3, 0.4) is 0 Å². The Hall–Kier alpha value is -1.88. The molecule has 0 aliphatic carbocycles. The van der Waals surface area contributed by atoms with E-state index in [1.54, 1.807) is 13.0 Å². The number of amides is 1. The largest absolute Gasteiger partial charge is 0.496 e. The lowest BCUT2D eigenvalue weighted by atomic mass is 10.1. The third-order valence-electron chi connectivity index (χ3n) is 2.77. The number of nitrogens with two attached hydrogens (primary N) is 1.